The van der Waals surface area contributed by atoms with Crippen LogP contribution in [0.2, 0.25) is 0 Å². The van der Waals surface area contributed by atoms with Crippen LogP contribution in [0.25, 0.3) is 11.2 Å². The Morgan fingerprint density at radius 2 is 2.00 bits per heavy atom. The monoisotopic (exact) mass is 379 g/mol. The molecular formula is C17H25N5O3S. The van der Waals surface area contributed by atoms with Gasteiger partial charge in [-0.2, -0.15) is 0 Å². The van der Waals surface area contributed by atoms with E-state index in [1.165, 1.54) is 10.6 Å². The lowest BCUT2D eigenvalue weighted by atomic mass is 10.1. The molecule has 0 radical (unpaired) electrons. The molecular weight excluding hydrogens is 354 g/mol. The second-order valence-corrected chi connectivity index (χ2v) is 9.25. The standard InChI is InChI=1S/C17H25N5O3S/c1-12(2)10-21-11-19-15-8-13(9-18-16(15)21)17(23)20-14-4-6-22(7-5-14)26(3,24)25/h8-9,11-12,14H,4-7,10H2,1-3H3,(H,20,23). The van der Waals surface area contributed by atoms with Gasteiger partial charge >= 0.3 is 0 Å². The predicted octanol–water partition coefficient (Wildman–Crippen LogP) is 1.24. The molecule has 3 rings (SSSR count). The quantitative estimate of drug-likeness (QED) is 0.843. The van der Waals surface area contributed by atoms with Crippen molar-refractivity contribution in [3.05, 3.63) is 24.2 Å². The molecule has 142 valence electrons. The number of aromatic nitrogens is 3. The first kappa shape index (κ1) is 18.8. The van der Waals surface area contributed by atoms with Gasteiger partial charge in [0, 0.05) is 31.9 Å². The van der Waals surface area contributed by atoms with Gasteiger partial charge in [-0.15, -0.1) is 0 Å². The number of sulfonamides is 1. The van der Waals surface area contributed by atoms with E-state index in [4.69, 9.17) is 0 Å². The molecule has 1 amide bonds. The average Bonchev–Trinajstić information content (AvgIpc) is 2.96. The van der Waals surface area contributed by atoms with Crippen LogP contribution in [0, 0.1) is 5.92 Å². The highest BCUT2D eigenvalue weighted by molar-refractivity contribution is 7.88. The van der Waals surface area contributed by atoms with Gasteiger partial charge in [0.1, 0.15) is 5.52 Å². The van der Waals surface area contributed by atoms with Crippen molar-refractivity contribution in [2.24, 2.45) is 5.92 Å². The van der Waals surface area contributed by atoms with Crippen LogP contribution < -0.4 is 5.32 Å². The van der Waals surface area contributed by atoms with E-state index in [2.05, 4.69) is 29.1 Å². The molecule has 2 aromatic rings. The van der Waals surface area contributed by atoms with Gasteiger partial charge in [-0.1, -0.05) is 13.8 Å². The lowest BCUT2D eigenvalue weighted by Gasteiger charge is -2.30. The molecule has 1 N–H and O–H groups in total. The summed E-state index contributed by atoms with van der Waals surface area (Å²) < 4.78 is 26.5. The lowest BCUT2D eigenvalue weighted by Crippen LogP contribution is -2.46. The number of carbonyl (C=O) groups is 1. The van der Waals surface area contributed by atoms with Crippen molar-refractivity contribution in [1.29, 1.82) is 0 Å². The van der Waals surface area contributed by atoms with E-state index in [1.807, 2.05) is 4.57 Å². The number of nitrogens with zero attached hydrogens (tertiary/aromatic N) is 4. The van der Waals surface area contributed by atoms with E-state index in [0.29, 0.717) is 42.9 Å². The fourth-order valence-electron chi connectivity index (χ4n) is 3.20. The van der Waals surface area contributed by atoms with Gasteiger partial charge in [-0.05, 0) is 24.8 Å². The fourth-order valence-corrected chi connectivity index (χ4v) is 4.07. The number of carbonyl (C=O) groups excluding carboxylic acids is 1. The molecule has 1 saturated heterocycles. The van der Waals surface area contributed by atoms with E-state index in [9.17, 15) is 13.2 Å². The topological polar surface area (TPSA) is 97.2 Å². The lowest BCUT2D eigenvalue weighted by molar-refractivity contribution is 0.0923. The Morgan fingerprint density at radius 3 is 2.62 bits per heavy atom. The van der Waals surface area contributed by atoms with Crippen LogP contribution >= 0.6 is 0 Å². The number of fused-ring (bicyclic) bond motifs is 1. The number of amides is 1. The third kappa shape index (κ3) is 4.21. The summed E-state index contributed by atoms with van der Waals surface area (Å²) in [6.07, 6.45) is 5.75. The normalized spacial score (nSPS) is 17.1. The van der Waals surface area contributed by atoms with Crippen molar-refractivity contribution in [2.75, 3.05) is 19.3 Å². The minimum Gasteiger partial charge on any atom is -0.349 e. The maximum atomic E-state index is 12.5. The molecule has 0 atom stereocenters. The first-order chi connectivity index (χ1) is 12.2. The van der Waals surface area contributed by atoms with Crippen LogP contribution in [0.5, 0.6) is 0 Å². The zero-order valence-electron chi connectivity index (χ0n) is 15.3. The molecule has 0 unspecified atom stereocenters. The smallest absolute Gasteiger partial charge is 0.253 e. The Labute approximate surface area is 153 Å². The molecule has 1 aliphatic rings. The van der Waals surface area contributed by atoms with Crippen LogP contribution in [-0.2, 0) is 16.6 Å². The van der Waals surface area contributed by atoms with Gasteiger partial charge in [0.05, 0.1) is 18.1 Å². The second kappa shape index (κ2) is 7.32. The average molecular weight is 379 g/mol. The van der Waals surface area contributed by atoms with Crippen LogP contribution in [0.4, 0.5) is 0 Å². The molecule has 8 nitrogen and oxygen atoms in total. The summed E-state index contributed by atoms with van der Waals surface area (Å²) in [5.41, 5.74) is 1.94. The summed E-state index contributed by atoms with van der Waals surface area (Å²) in [7, 11) is -3.16. The largest absolute Gasteiger partial charge is 0.349 e. The Morgan fingerprint density at radius 1 is 1.31 bits per heavy atom. The molecule has 3 heterocycles. The van der Waals surface area contributed by atoms with Crippen molar-refractivity contribution in [3.8, 4) is 0 Å². The van der Waals surface area contributed by atoms with Crippen molar-refractivity contribution in [1.82, 2.24) is 24.2 Å². The highest BCUT2D eigenvalue weighted by atomic mass is 32.2. The first-order valence-corrected chi connectivity index (χ1v) is 10.7. The molecule has 0 aromatic carbocycles. The third-order valence-corrected chi connectivity index (χ3v) is 5.84. The summed E-state index contributed by atoms with van der Waals surface area (Å²) in [6.45, 7) is 5.95. The molecule has 0 aliphatic carbocycles. The molecule has 2 aromatic heterocycles. The van der Waals surface area contributed by atoms with E-state index < -0.39 is 10.0 Å². The predicted molar refractivity (Wildman–Crippen MR) is 99.3 cm³/mol. The Kier molecular flexibility index (Phi) is 5.29. The fraction of sp³-hybridized carbons (Fsp3) is 0.588. The van der Waals surface area contributed by atoms with E-state index in [0.717, 1.165) is 12.2 Å². The number of hydrogen-bond acceptors (Lipinski definition) is 5. The zero-order valence-corrected chi connectivity index (χ0v) is 16.2. The van der Waals surface area contributed by atoms with Gasteiger partial charge in [0.25, 0.3) is 5.91 Å². The van der Waals surface area contributed by atoms with Crippen LogP contribution in [0.1, 0.15) is 37.0 Å². The van der Waals surface area contributed by atoms with Gasteiger partial charge in [0.15, 0.2) is 5.65 Å². The summed E-state index contributed by atoms with van der Waals surface area (Å²) in [5.74, 6) is 0.283. The van der Waals surface area contributed by atoms with Crippen LogP contribution in [0.15, 0.2) is 18.6 Å². The number of hydrogen-bond donors (Lipinski definition) is 1. The van der Waals surface area contributed by atoms with Crippen molar-refractivity contribution in [2.45, 2.75) is 39.3 Å². The molecule has 0 bridgehead atoms. The number of piperidine rings is 1. The zero-order chi connectivity index (χ0) is 18.9. The van der Waals surface area contributed by atoms with Gasteiger partial charge in [0.2, 0.25) is 10.0 Å². The molecule has 1 aliphatic heterocycles. The van der Waals surface area contributed by atoms with Gasteiger partial charge in [-0.3, -0.25) is 4.79 Å². The molecule has 0 saturated carbocycles. The first-order valence-electron chi connectivity index (χ1n) is 8.81. The van der Waals surface area contributed by atoms with Crippen molar-refractivity contribution >= 4 is 27.1 Å². The molecule has 26 heavy (non-hydrogen) atoms. The van der Waals surface area contributed by atoms with Crippen molar-refractivity contribution in [3.63, 3.8) is 0 Å². The van der Waals surface area contributed by atoms with E-state index >= 15 is 0 Å². The Balaban J connectivity index is 1.65. The minimum absolute atomic E-state index is 0.0327. The number of pyridine rings is 1. The number of imidazole rings is 1. The van der Waals surface area contributed by atoms with Crippen LogP contribution in [-0.4, -0.2) is 58.6 Å². The Bertz CT molecular complexity index is 898. The highest BCUT2D eigenvalue weighted by Crippen LogP contribution is 2.16. The van der Waals surface area contributed by atoms with Gasteiger partial charge < -0.3 is 9.88 Å². The maximum Gasteiger partial charge on any atom is 0.253 e. The van der Waals surface area contributed by atoms with Crippen molar-refractivity contribution < 1.29 is 13.2 Å². The second-order valence-electron chi connectivity index (χ2n) is 7.27. The molecule has 0 spiro atoms. The minimum atomic E-state index is -3.16. The summed E-state index contributed by atoms with van der Waals surface area (Å²) in [6, 6.07) is 1.72. The molecule has 1 fully saturated rings. The summed E-state index contributed by atoms with van der Waals surface area (Å²) >= 11 is 0. The third-order valence-electron chi connectivity index (χ3n) is 4.54. The Hall–Kier alpha value is -2.00. The summed E-state index contributed by atoms with van der Waals surface area (Å²) in [4.78, 5) is 21.3. The molecule has 9 heteroatoms. The van der Waals surface area contributed by atoms with Crippen LogP contribution in [0.3, 0.4) is 0 Å². The number of rotatable bonds is 5. The summed E-state index contributed by atoms with van der Waals surface area (Å²) in [5, 5.41) is 2.98. The number of nitrogens with one attached hydrogen (secondary N) is 1. The van der Waals surface area contributed by atoms with E-state index in [-0.39, 0.29) is 11.9 Å². The SMILES string of the molecule is CC(C)Cn1cnc2cc(C(=O)NC3CCN(S(C)(=O)=O)CC3)cnc21. The van der Waals surface area contributed by atoms with Gasteiger partial charge in [-0.25, -0.2) is 22.7 Å². The van der Waals surface area contributed by atoms with E-state index in [1.54, 1.807) is 18.6 Å². The highest BCUT2D eigenvalue weighted by Gasteiger charge is 2.26. The maximum absolute atomic E-state index is 12.5.